The third-order valence-corrected chi connectivity index (χ3v) is 3.43. The van der Waals surface area contributed by atoms with Gasteiger partial charge in [0.1, 0.15) is 0 Å². The van der Waals surface area contributed by atoms with Gasteiger partial charge in [0.05, 0.1) is 0 Å². The molecule has 0 unspecified atom stereocenters. The van der Waals surface area contributed by atoms with Crippen molar-refractivity contribution in [2.75, 3.05) is 26.2 Å². The van der Waals surface area contributed by atoms with Gasteiger partial charge >= 0.3 is 0 Å². The van der Waals surface area contributed by atoms with Gasteiger partial charge in [0, 0.05) is 13.0 Å². The second kappa shape index (κ2) is 9.46. The van der Waals surface area contributed by atoms with E-state index in [2.05, 4.69) is 17.1 Å². The van der Waals surface area contributed by atoms with E-state index in [1.165, 1.54) is 45.3 Å². The number of rotatable bonds is 8. The summed E-state index contributed by atoms with van der Waals surface area (Å²) in [6.45, 7) is 6.71. The van der Waals surface area contributed by atoms with Crippen LogP contribution >= 0.6 is 0 Å². The molecule has 0 atom stereocenters. The van der Waals surface area contributed by atoms with Gasteiger partial charge in [-0.1, -0.05) is 19.8 Å². The van der Waals surface area contributed by atoms with Crippen LogP contribution in [0.1, 0.15) is 58.3 Å². The van der Waals surface area contributed by atoms with Crippen LogP contribution in [0.4, 0.5) is 0 Å². The molecule has 100 valence electrons. The third-order valence-electron chi connectivity index (χ3n) is 3.43. The van der Waals surface area contributed by atoms with Crippen LogP contribution in [0.15, 0.2) is 0 Å². The van der Waals surface area contributed by atoms with Crippen molar-refractivity contribution >= 4 is 5.91 Å². The lowest BCUT2D eigenvalue weighted by atomic mass is 10.1. The third kappa shape index (κ3) is 7.37. The first-order valence-corrected chi connectivity index (χ1v) is 7.32. The highest BCUT2D eigenvalue weighted by molar-refractivity contribution is 5.75. The molecule has 17 heavy (non-hydrogen) atoms. The van der Waals surface area contributed by atoms with E-state index < -0.39 is 0 Å². The minimum absolute atomic E-state index is 0.233. The minimum Gasteiger partial charge on any atom is -0.356 e. The summed E-state index contributed by atoms with van der Waals surface area (Å²) in [6, 6.07) is 0. The molecule has 0 aromatic rings. The van der Waals surface area contributed by atoms with E-state index in [0.29, 0.717) is 6.42 Å². The molecule has 0 aromatic carbocycles. The van der Waals surface area contributed by atoms with Crippen molar-refractivity contribution < 1.29 is 4.79 Å². The Hall–Kier alpha value is -0.570. The molecule has 0 saturated carbocycles. The van der Waals surface area contributed by atoms with Crippen molar-refractivity contribution in [2.24, 2.45) is 0 Å². The number of likely N-dealkylation sites (tertiary alicyclic amines) is 1. The zero-order valence-corrected chi connectivity index (χ0v) is 11.3. The van der Waals surface area contributed by atoms with Crippen molar-refractivity contribution in [3.8, 4) is 0 Å². The predicted molar refractivity (Wildman–Crippen MR) is 72.1 cm³/mol. The number of nitrogens with one attached hydrogen (secondary N) is 1. The zero-order valence-electron chi connectivity index (χ0n) is 11.3. The minimum atomic E-state index is 0.233. The van der Waals surface area contributed by atoms with Crippen molar-refractivity contribution in [3.05, 3.63) is 0 Å². The van der Waals surface area contributed by atoms with E-state index in [4.69, 9.17) is 0 Å². The van der Waals surface area contributed by atoms with Gasteiger partial charge in [0.25, 0.3) is 0 Å². The second-order valence-corrected chi connectivity index (χ2v) is 5.06. The summed E-state index contributed by atoms with van der Waals surface area (Å²) < 4.78 is 0. The molecule has 1 heterocycles. The summed E-state index contributed by atoms with van der Waals surface area (Å²) >= 11 is 0. The van der Waals surface area contributed by atoms with Crippen molar-refractivity contribution in [1.29, 1.82) is 0 Å². The van der Waals surface area contributed by atoms with E-state index in [0.717, 1.165) is 25.8 Å². The van der Waals surface area contributed by atoms with Crippen molar-refractivity contribution in [2.45, 2.75) is 58.3 Å². The normalized spacial score (nSPS) is 17.0. The van der Waals surface area contributed by atoms with Gasteiger partial charge in [-0.25, -0.2) is 0 Å². The van der Waals surface area contributed by atoms with Gasteiger partial charge in [-0.15, -0.1) is 0 Å². The van der Waals surface area contributed by atoms with Crippen LogP contribution in [0.5, 0.6) is 0 Å². The lowest BCUT2D eigenvalue weighted by Crippen LogP contribution is -2.30. The van der Waals surface area contributed by atoms with Crippen LogP contribution < -0.4 is 5.32 Å². The summed E-state index contributed by atoms with van der Waals surface area (Å²) in [5.41, 5.74) is 0. The van der Waals surface area contributed by atoms with Crippen LogP contribution in [0, 0.1) is 0 Å². The number of nitrogens with zero attached hydrogens (tertiary/aromatic N) is 1. The Kier molecular flexibility index (Phi) is 8.06. The van der Waals surface area contributed by atoms with Gasteiger partial charge in [0.2, 0.25) is 5.91 Å². The van der Waals surface area contributed by atoms with Gasteiger partial charge in [-0.2, -0.15) is 0 Å². The number of unbranched alkanes of at least 4 members (excludes halogenated alkanes) is 2. The number of hydrogen-bond donors (Lipinski definition) is 1. The summed E-state index contributed by atoms with van der Waals surface area (Å²) in [5.74, 6) is 0.233. The monoisotopic (exact) mass is 240 g/mol. The highest BCUT2D eigenvalue weighted by Crippen LogP contribution is 2.09. The Balaban J connectivity index is 1.90. The van der Waals surface area contributed by atoms with Crippen LogP contribution in [0.3, 0.4) is 0 Å². The highest BCUT2D eigenvalue weighted by atomic mass is 16.1. The van der Waals surface area contributed by atoms with E-state index in [1.54, 1.807) is 0 Å². The smallest absolute Gasteiger partial charge is 0.219 e. The molecule has 0 radical (unpaired) electrons. The fourth-order valence-corrected chi connectivity index (χ4v) is 2.30. The topological polar surface area (TPSA) is 32.3 Å². The van der Waals surface area contributed by atoms with Gasteiger partial charge in [-0.3, -0.25) is 4.79 Å². The van der Waals surface area contributed by atoms with Gasteiger partial charge in [-0.05, 0) is 51.7 Å². The molecule has 1 aliphatic heterocycles. The van der Waals surface area contributed by atoms with Crippen molar-refractivity contribution in [3.63, 3.8) is 0 Å². The standard InChI is InChI=1S/C14H28N2O/c1-2-3-10-15-14(17)9-5-8-13-16-11-6-4-7-12-16/h2-13H2,1H3,(H,15,17). The Morgan fingerprint density at radius 3 is 2.59 bits per heavy atom. The molecule has 1 saturated heterocycles. The molecule has 1 fully saturated rings. The molecule has 3 nitrogen and oxygen atoms in total. The Morgan fingerprint density at radius 2 is 1.88 bits per heavy atom. The lowest BCUT2D eigenvalue weighted by Gasteiger charge is -2.26. The number of carbonyl (C=O) groups is 1. The van der Waals surface area contributed by atoms with Crippen LogP contribution in [0.25, 0.3) is 0 Å². The van der Waals surface area contributed by atoms with E-state index in [9.17, 15) is 4.79 Å². The fraction of sp³-hybridized carbons (Fsp3) is 0.929. The van der Waals surface area contributed by atoms with E-state index in [1.807, 2.05) is 0 Å². The summed E-state index contributed by atoms with van der Waals surface area (Å²) in [5, 5.41) is 2.97. The van der Waals surface area contributed by atoms with E-state index >= 15 is 0 Å². The summed E-state index contributed by atoms with van der Waals surface area (Å²) in [6.07, 6.45) is 9.27. The molecular weight excluding hydrogens is 212 g/mol. The first-order valence-electron chi connectivity index (χ1n) is 7.32. The van der Waals surface area contributed by atoms with Gasteiger partial charge in [0.15, 0.2) is 0 Å². The fourth-order valence-electron chi connectivity index (χ4n) is 2.30. The molecule has 0 aromatic heterocycles. The largest absolute Gasteiger partial charge is 0.356 e. The average Bonchev–Trinajstić information content (AvgIpc) is 2.36. The summed E-state index contributed by atoms with van der Waals surface area (Å²) in [4.78, 5) is 14.0. The number of amides is 1. The molecule has 0 spiro atoms. The molecule has 1 rings (SSSR count). The predicted octanol–water partition coefficient (Wildman–Crippen LogP) is 2.56. The molecule has 1 N–H and O–H groups in total. The lowest BCUT2D eigenvalue weighted by molar-refractivity contribution is -0.121. The Labute approximate surface area is 106 Å². The molecule has 1 aliphatic rings. The molecule has 3 heteroatoms. The maximum atomic E-state index is 11.4. The van der Waals surface area contributed by atoms with E-state index in [-0.39, 0.29) is 5.91 Å². The molecular formula is C14H28N2O. The molecule has 1 amide bonds. The zero-order chi connectivity index (χ0) is 12.3. The Morgan fingerprint density at radius 1 is 1.12 bits per heavy atom. The van der Waals surface area contributed by atoms with Crippen LogP contribution in [0.2, 0.25) is 0 Å². The molecule has 0 aliphatic carbocycles. The number of hydrogen-bond acceptors (Lipinski definition) is 2. The van der Waals surface area contributed by atoms with Crippen LogP contribution in [-0.2, 0) is 4.79 Å². The average molecular weight is 240 g/mol. The molecule has 0 bridgehead atoms. The first-order chi connectivity index (χ1) is 8.33. The van der Waals surface area contributed by atoms with Crippen molar-refractivity contribution in [1.82, 2.24) is 10.2 Å². The maximum absolute atomic E-state index is 11.4. The maximum Gasteiger partial charge on any atom is 0.219 e. The van der Waals surface area contributed by atoms with Crippen LogP contribution in [-0.4, -0.2) is 37.0 Å². The SMILES string of the molecule is CCCCNC(=O)CCCCN1CCCCC1. The summed E-state index contributed by atoms with van der Waals surface area (Å²) in [7, 11) is 0. The second-order valence-electron chi connectivity index (χ2n) is 5.06. The number of carbonyl (C=O) groups excluding carboxylic acids is 1. The quantitative estimate of drug-likeness (QED) is 0.661. The highest BCUT2D eigenvalue weighted by Gasteiger charge is 2.09. The number of piperidine rings is 1. The Bertz CT molecular complexity index is 200. The first kappa shape index (κ1) is 14.5. The van der Waals surface area contributed by atoms with Gasteiger partial charge < -0.3 is 10.2 Å².